The molecule has 0 amide bonds. The summed E-state index contributed by atoms with van der Waals surface area (Å²) in [6.07, 6.45) is 5.18. The first-order chi connectivity index (χ1) is 7.80. The summed E-state index contributed by atoms with van der Waals surface area (Å²) < 4.78 is 0. The Labute approximate surface area is 116 Å². The molecule has 0 aromatic rings. The molecule has 17 heavy (non-hydrogen) atoms. The molecule has 0 saturated carbocycles. The fourth-order valence-electron chi connectivity index (χ4n) is 3.05. The van der Waals surface area contributed by atoms with Crippen LogP contribution in [0.1, 0.15) is 41.5 Å². The normalized spacial score (nSPS) is 27.6. The van der Waals surface area contributed by atoms with Crippen molar-refractivity contribution in [2.24, 2.45) is 0 Å². The maximum absolute atomic E-state index is 4.22. The van der Waals surface area contributed by atoms with E-state index in [0.29, 0.717) is 0 Å². The van der Waals surface area contributed by atoms with Gasteiger partial charge in [-0.3, -0.25) is 0 Å². The molecule has 1 aliphatic heterocycles. The monoisotopic (exact) mass is 337 g/mol. The zero-order valence-corrected chi connectivity index (χ0v) is 15.6. The van der Waals surface area contributed by atoms with Gasteiger partial charge in [0.2, 0.25) is 0 Å². The Bertz CT molecular complexity index is 360. The van der Waals surface area contributed by atoms with Crippen LogP contribution < -0.4 is 0 Å². The third-order valence-corrected chi connectivity index (χ3v) is 20.8. The summed E-state index contributed by atoms with van der Waals surface area (Å²) in [5.41, 5.74) is 0. The van der Waals surface area contributed by atoms with E-state index < -0.39 is 12.6 Å². The molecule has 0 bridgehead atoms. The zero-order chi connectivity index (χ0) is 13.3. The molecule has 0 aromatic carbocycles. The predicted molar refractivity (Wildman–Crippen MR) is 92.4 cm³/mol. The molecule has 0 atom stereocenters. The van der Waals surface area contributed by atoms with E-state index in [2.05, 4.69) is 68.7 Å². The van der Waals surface area contributed by atoms with Crippen LogP contribution in [-0.4, -0.2) is 24.6 Å². The van der Waals surface area contributed by atoms with Gasteiger partial charge in [-0.25, -0.2) is 0 Å². The Kier molecular flexibility index (Phi) is 4.73. The molecule has 3 heteroatoms. The molecule has 0 aliphatic carbocycles. The van der Waals surface area contributed by atoms with Gasteiger partial charge in [0.15, 0.2) is 0 Å². The van der Waals surface area contributed by atoms with Gasteiger partial charge in [0.05, 0.1) is 0 Å². The summed E-state index contributed by atoms with van der Waals surface area (Å²) in [6, 6.07) is 0. The molecular formula is C14H28BrP2+. The molecule has 0 spiro atoms. The SMILES string of the molecule is CC[P+]1(CC)C=C(C)P(Br)(CC)(CC)C=C1C. The van der Waals surface area contributed by atoms with E-state index >= 15 is 0 Å². The van der Waals surface area contributed by atoms with Gasteiger partial charge in [-0.2, -0.15) is 0 Å². The van der Waals surface area contributed by atoms with Crippen LogP contribution in [0.2, 0.25) is 0 Å². The summed E-state index contributed by atoms with van der Waals surface area (Å²) in [5, 5.41) is 1.51. The van der Waals surface area contributed by atoms with Crippen LogP contribution in [0.4, 0.5) is 0 Å². The van der Waals surface area contributed by atoms with E-state index in [1.54, 1.807) is 10.6 Å². The van der Waals surface area contributed by atoms with Crippen molar-refractivity contribution in [3.05, 3.63) is 22.3 Å². The number of allylic oxidation sites excluding steroid dienone is 2. The Balaban J connectivity index is 3.42. The predicted octanol–water partition coefficient (Wildman–Crippen LogP) is 6.68. The Morgan fingerprint density at radius 2 is 1.53 bits per heavy atom. The maximum atomic E-state index is 4.22. The van der Waals surface area contributed by atoms with Gasteiger partial charge in [-0.1, -0.05) is 0 Å². The van der Waals surface area contributed by atoms with Crippen molar-refractivity contribution in [2.45, 2.75) is 41.5 Å². The van der Waals surface area contributed by atoms with E-state index in [1.165, 1.54) is 24.6 Å². The van der Waals surface area contributed by atoms with Crippen LogP contribution in [0.15, 0.2) is 22.3 Å². The number of hydrogen-bond acceptors (Lipinski definition) is 0. The van der Waals surface area contributed by atoms with Gasteiger partial charge in [0.25, 0.3) is 0 Å². The summed E-state index contributed by atoms with van der Waals surface area (Å²) in [6.45, 7) is 14.2. The Morgan fingerprint density at radius 1 is 1.06 bits per heavy atom. The standard InChI is InChI=1S/C14H28BrP2/c1-7-16(8-2)11-14(6)17(15,9-3,10-4)12-13(16)5/h11-12H,7-10H2,1-6H3/q+1. The summed E-state index contributed by atoms with van der Waals surface area (Å²) in [7, 11) is -0.946. The topological polar surface area (TPSA) is 0 Å². The molecule has 0 saturated heterocycles. The first-order valence-corrected chi connectivity index (χ1v) is 13.7. The summed E-state index contributed by atoms with van der Waals surface area (Å²) in [4.78, 5) is 0. The molecule has 1 heterocycles. The van der Waals surface area contributed by atoms with Gasteiger partial charge >= 0.3 is 117 Å². The second kappa shape index (κ2) is 5.07. The molecule has 0 aromatic heterocycles. The molecular weight excluding hydrogens is 310 g/mol. The van der Waals surface area contributed by atoms with Crippen molar-refractivity contribution in [2.75, 3.05) is 24.6 Å². The van der Waals surface area contributed by atoms with Crippen LogP contribution in [0, 0.1) is 0 Å². The first kappa shape index (κ1) is 15.9. The Hall–Kier alpha value is 0.820. The molecule has 0 fully saturated rings. The molecule has 0 nitrogen and oxygen atoms in total. The third kappa shape index (κ3) is 2.33. The minimum absolute atomic E-state index is 0.946. The van der Waals surface area contributed by atoms with Crippen molar-refractivity contribution in [1.82, 2.24) is 0 Å². The van der Waals surface area contributed by atoms with Crippen molar-refractivity contribution in [3.8, 4) is 0 Å². The van der Waals surface area contributed by atoms with Gasteiger partial charge < -0.3 is 0 Å². The van der Waals surface area contributed by atoms with E-state index in [0.717, 1.165) is 0 Å². The third-order valence-electron chi connectivity index (χ3n) is 4.95. The number of halogens is 1. The number of rotatable bonds is 4. The summed E-state index contributed by atoms with van der Waals surface area (Å²) in [5.74, 6) is 5.38. The van der Waals surface area contributed by atoms with E-state index in [-0.39, 0.29) is 0 Å². The van der Waals surface area contributed by atoms with Crippen LogP contribution in [0.5, 0.6) is 0 Å². The van der Waals surface area contributed by atoms with E-state index in [9.17, 15) is 0 Å². The molecule has 100 valence electrons. The summed E-state index contributed by atoms with van der Waals surface area (Å²) >= 11 is 4.22. The van der Waals surface area contributed by atoms with Crippen molar-refractivity contribution >= 4 is 28.1 Å². The molecule has 1 rings (SSSR count). The second-order valence-electron chi connectivity index (χ2n) is 5.30. The average molecular weight is 338 g/mol. The average Bonchev–Trinajstić information content (AvgIpc) is 2.34. The Morgan fingerprint density at radius 3 is 1.88 bits per heavy atom. The molecule has 0 radical (unpaired) electrons. The van der Waals surface area contributed by atoms with Crippen LogP contribution in [-0.2, 0) is 0 Å². The van der Waals surface area contributed by atoms with Gasteiger partial charge in [-0.15, -0.1) is 0 Å². The zero-order valence-electron chi connectivity index (χ0n) is 12.3. The van der Waals surface area contributed by atoms with Gasteiger partial charge in [0, 0.05) is 0 Å². The fraction of sp³-hybridized carbons (Fsp3) is 0.714. The van der Waals surface area contributed by atoms with Crippen molar-refractivity contribution < 1.29 is 0 Å². The molecule has 0 unspecified atom stereocenters. The van der Waals surface area contributed by atoms with Crippen LogP contribution in [0.3, 0.4) is 0 Å². The van der Waals surface area contributed by atoms with E-state index in [4.69, 9.17) is 0 Å². The van der Waals surface area contributed by atoms with Gasteiger partial charge in [0.1, 0.15) is 0 Å². The van der Waals surface area contributed by atoms with Gasteiger partial charge in [-0.05, 0) is 0 Å². The first-order valence-electron chi connectivity index (χ1n) is 6.80. The fourth-order valence-corrected chi connectivity index (χ4v) is 14.4. The van der Waals surface area contributed by atoms with E-state index in [1.807, 2.05) is 0 Å². The molecule has 0 N–H and O–H groups in total. The second-order valence-corrected chi connectivity index (χ2v) is 20.0. The van der Waals surface area contributed by atoms with Crippen LogP contribution >= 0.6 is 28.1 Å². The van der Waals surface area contributed by atoms with Crippen molar-refractivity contribution in [1.29, 1.82) is 0 Å². The van der Waals surface area contributed by atoms with Crippen LogP contribution in [0.25, 0.3) is 0 Å². The van der Waals surface area contributed by atoms with Crippen molar-refractivity contribution in [3.63, 3.8) is 0 Å². The minimum atomic E-state index is -1.86. The quantitative estimate of drug-likeness (QED) is 0.501. The number of hydrogen-bond donors (Lipinski definition) is 0. The molecule has 1 aliphatic rings.